The van der Waals surface area contributed by atoms with Crippen LogP contribution in [-0.4, -0.2) is 24.8 Å². The molecule has 1 atom stereocenters. The summed E-state index contributed by atoms with van der Waals surface area (Å²) >= 11 is 0. The third-order valence-corrected chi connectivity index (χ3v) is 2.55. The maximum absolute atomic E-state index is 10.3. The summed E-state index contributed by atoms with van der Waals surface area (Å²) in [4.78, 5) is 0. The number of ether oxygens (including phenoxy) is 1. The lowest BCUT2D eigenvalue weighted by molar-refractivity contribution is 0.0547. The van der Waals surface area contributed by atoms with E-state index in [9.17, 15) is 5.11 Å². The molecule has 16 heavy (non-hydrogen) atoms. The summed E-state index contributed by atoms with van der Waals surface area (Å²) in [5.41, 5.74) is -0.0151. The molecule has 0 aliphatic heterocycles. The predicted octanol–water partition coefficient (Wildman–Crippen LogP) is 1.90. The van der Waals surface area contributed by atoms with E-state index in [0.29, 0.717) is 12.6 Å². The van der Waals surface area contributed by atoms with Gasteiger partial charge in [-0.2, -0.15) is 0 Å². The molecular weight excluding hydrogens is 202 g/mol. The Hall–Kier alpha value is -1.06. The number of hydrogen-bond donors (Lipinski definition) is 2. The fraction of sp³-hybridized carbons (Fsp3) is 0.538. The van der Waals surface area contributed by atoms with Crippen molar-refractivity contribution in [2.45, 2.75) is 32.4 Å². The van der Waals surface area contributed by atoms with Crippen molar-refractivity contribution in [3.8, 4) is 5.75 Å². The van der Waals surface area contributed by atoms with Crippen LogP contribution < -0.4 is 10.1 Å². The molecule has 0 spiro atoms. The van der Waals surface area contributed by atoms with Crippen LogP contribution in [0.3, 0.4) is 0 Å². The fourth-order valence-corrected chi connectivity index (χ4v) is 1.46. The van der Waals surface area contributed by atoms with Crippen LogP contribution in [0.5, 0.6) is 5.75 Å². The van der Waals surface area contributed by atoms with Gasteiger partial charge in [0.1, 0.15) is 5.75 Å². The molecule has 0 aliphatic carbocycles. The molecule has 0 saturated heterocycles. The van der Waals surface area contributed by atoms with Crippen molar-refractivity contribution in [3.05, 3.63) is 29.8 Å². The third-order valence-electron chi connectivity index (χ3n) is 2.55. The van der Waals surface area contributed by atoms with Crippen molar-refractivity contribution in [1.29, 1.82) is 0 Å². The first-order chi connectivity index (χ1) is 7.45. The van der Waals surface area contributed by atoms with Crippen molar-refractivity contribution >= 4 is 0 Å². The minimum absolute atomic E-state index is 0.358. The number of methoxy groups -OCH3 is 1. The summed E-state index contributed by atoms with van der Waals surface area (Å²) in [5, 5.41) is 13.6. The molecule has 0 heterocycles. The highest BCUT2D eigenvalue weighted by Crippen LogP contribution is 2.23. The lowest BCUT2D eigenvalue weighted by atomic mass is 9.95. The number of aliphatic hydroxyl groups is 1. The molecule has 1 aromatic carbocycles. The monoisotopic (exact) mass is 223 g/mol. The minimum Gasteiger partial charge on any atom is -0.497 e. The van der Waals surface area contributed by atoms with Gasteiger partial charge < -0.3 is 15.2 Å². The molecule has 3 heteroatoms. The van der Waals surface area contributed by atoms with E-state index in [2.05, 4.69) is 19.2 Å². The normalized spacial score (nSPS) is 14.9. The molecule has 1 rings (SSSR count). The van der Waals surface area contributed by atoms with Gasteiger partial charge in [-0.25, -0.2) is 0 Å². The summed E-state index contributed by atoms with van der Waals surface area (Å²) in [5.74, 6) is 0.766. The van der Waals surface area contributed by atoms with Crippen LogP contribution in [0, 0.1) is 0 Å². The van der Waals surface area contributed by atoms with E-state index in [1.807, 2.05) is 24.3 Å². The summed E-state index contributed by atoms with van der Waals surface area (Å²) in [6.45, 7) is 6.44. The van der Waals surface area contributed by atoms with Crippen molar-refractivity contribution in [3.63, 3.8) is 0 Å². The smallest absolute Gasteiger partial charge is 0.119 e. The van der Waals surface area contributed by atoms with Crippen LogP contribution in [0.15, 0.2) is 24.3 Å². The van der Waals surface area contributed by atoms with E-state index in [1.165, 1.54) is 0 Å². The Morgan fingerprint density at radius 2 is 2.12 bits per heavy atom. The summed E-state index contributed by atoms with van der Waals surface area (Å²) in [6, 6.07) is 7.89. The topological polar surface area (TPSA) is 41.5 Å². The Balaban J connectivity index is 2.79. The van der Waals surface area contributed by atoms with Crippen LogP contribution in [0.4, 0.5) is 0 Å². The van der Waals surface area contributed by atoms with E-state index in [0.717, 1.165) is 11.3 Å². The highest BCUT2D eigenvalue weighted by atomic mass is 16.5. The second kappa shape index (κ2) is 5.32. The average Bonchev–Trinajstić information content (AvgIpc) is 2.27. The van der Waals surface area contributed by atoms with Crippen LogP contribution in [0.25, 0.3) is 0 Å². The van der Waals surface area contributed by atoms with Crippen molar-refractivity contribution in [1.82, 2.24) is 5.32 Å². The van der Waals surface area contributed by atoms with Crippen LogP contribution in [-0.2, 0) is 5.60 Å². The quantitative estimate of drug-likeness (QED) is 0.801. The molecule has 2 N–H and O–H groups in total. The van der Waals surface area contributed by atoms with E-state index in [4.69, 9.17) is 4.74 Å². The zero-order valence-corrected chi connectivity index (χ0v) is 10.4. The van der Waals surface area contributed by atoms with Gasteiger partial charge in [0.25, 0.3) is 0 Å². The second-order valence-corrected chi connectivity index (χ2v) is 4.54. The first-order valence-electron chi connectivity index (χ1n) is 5.56. The first-order valence-corrected chi connectivity index (χ1v) is 5.56. The molecule has 0 aliphatic rings. The van der Waals surface area contributed by atoms with Crippen molar-refractivity contribution < 1.29 is 9.84 Å². The van der Waals surface area contributed by atoms with Gasteiger partial charge in [-0.1, -0.05) is 26.0 Å². The summed E-state index contributed by atoms with van der Waals surface area (Å²) in [6.07, 6.45) is 0. The van der Waals surface area contributed by atoms with Crippen LogP contribution >= 0.6 is 0 Å². The van der Waals surface area contributed by atoms with E-state index < -0.39 is 5.60 Å². The maximum Gasteiger partial charge on any atom is 0.119 e. The first kappa shape index (κ1) is 13.0. The van der Waals surface area contributed by atoms with Gasteiger partial charge in [-0.3, -0.25) is 0 Å². The predicted molar refractivity (Wildman–Crippen MR) is 65.7 cm³/mol. The number of nitrogens with one attached hydrogen (secondary N) is 1. The molecule has 0 radical (unpaired) electrons. The van der Waals surface area contributed by atoms with Crippen molar-refractivity contribution in [2.24, 2.45) is 0 Å². The summed E-state index contributed by atoms with van der Waals surface area (Å²) < 4.78 is 5.14. The fourth-order valence-electron chi connectivity index (χ4n) is 1.46. The Labute approximate surface area is 97.4 Å². The maximum atomic E-state index is 10.3. The Morgan fingerprint density at radius 3 is 2.69 bits per heavy atom. The van der Waals surface area contributed by atoms with Gasteiger partial charge in [-0.05, 0) is 24.6 Å². The molecule has 0 amide bonds. The number of benzene rings is 1. The van der Waals surface area contributed by atoms with Crippen molar-refractivity contribution in [2.75, 3.05) is 13.7 Å². The zero-order chi connectivity index (χ0) is 12.2. The van der Waals surface area contributed by atoms with Gasteiger partial charge in [0, 0.05) is 12.6 Å². The van der Waals surface area contributed by atoms with Gasteiger partial charge >= 0.3 is 0 Å². The number of hydrogen-bond acceptors (Lipinski definition) is 3. The number of rotatable bonds is 5. The lowest BCUT2D eigenvalue weighted by Crippen LogP contribution is -2.38. The molecule has 0 saturated carbocycles. The van der Waals surface area contributed by atoms with Gasteiger partial charge in [0.15, 0.2) is 0 Å². The molecule has 1 unspecified atom stereocenters. The van der Waals surface area contributed by atoms with E-state index >= 15 is 0 Å². The standard InChI is InChI=1S/C13H21NO2/c1-10(2)14-9-13(3,15)11-6-5-7-12(8-11)16-4/h5-8,10,14-15H,9H2,1-4H3. The van der Waals surface area contributed by atoms with Gasteiger partial charge in [-0.15, -0.1) is 0 Å². The average molecular weight is 223 g/mol. The van der Waals surface area contributed by atoms with E-state index in [-0.39, 0.29) is 0 Å². The molecule has 3 nitrogen and oxygen atoms in total. The molecule has 0 bridgehead atoms. The Bertz CT molecular complexity index is 334. The Kier molecular flexibility index (Phi) is 4.33. The summed E-state index contributed by atoms with van der Waals surface area (Å²) in [7, 11) is 1.63. The van der Waals surface area contributed by atoms with Gasteiger partial charge in [0.05, 0.1) is 12.7 Å². The highest BCUT2D eigenvalue weighted by Gasteiger charge is 2.23. The largest absolute Gasteiger partial charge is 0.497 e. The zero-order valence-electron chi connectivity index (χ0n) is 10.4. The molecule has 0 aromatic heterocycles. The molecule has 1 aromatic rings. The lowest BCUT2D eigenvalue weighted by Gasteiger charge is -2.26. The molecule has 90 valence electrons. The minimum atomic E-state index is -0.876. The van der Waals surface area contributed by atoms with Crippen LogP contribution in [0.1, 0.15) is 26.3 Å². The van der Waals surface area contributed by atoms with Crippen LogP contribution in [0.2, 0.25) is 0 Å². The SMILES string of the molecule is COc1cccc(C(C)(O)CNC(C)C)c1. The molecule has 0 fully saturated rings. The third kappa shape index (κ3) is 3.51. The van der Waals surface area contributed by atoms with Gasteiger partial charge in [0.2, 0.25) is 0 Å². The van der Waals surface area contributed by atoms with E-state index in [1.54, 1.807) is 14.0 Å². The Morgan fingerprint density at radius 1 is 1.44 bits per heavy atom. The molecular formula is C13H21NO2. The highest BCUT2D eigenvalue weighted by molar-refractivity contribution is 5.32. The second-order valence-electron chi connectivity index (χ2n) is 4.54.